The van der Waals surface area contributed by atoms with Crippen LogP contribution >= 0.6 is 11.3 Å². The third-order valence-corrected chi connectivity index (χ3v) is 6.58. The number of carbonyl (C=O) groups is 2. The van der Waals surface area contributed by atoms with E-state index in [1.165, 1.54) is 6.07 Å². The van der Waals surface area contributed by atoms with E-state index in [4.69, 9.17) is 4.74 Å². The van der Waals surface area contributed by atoms with Crippen LogP contribution in [-0.4, -0.2) is 18.9 Å². The van der Waals surface area contributed by atoms with Gasteiger partial charge in [-0.25, -0.2) is 0 Å². The first-order chi connectivity index (χ1) is 15.2. The van der Waals surface area contributed by atoms with Crippen molar-refractivity contribution >= 4 is 33.8 Å². The lowest BCUT2D eigenvalue weighted by atomic mass is 9.84. The number of benzene rings is 2. The van der Waals surface area contributed by atoms with Crippen molar-refractivity contribution in [3.8, 4) is 5.75 Å². The Labute approximate surface area is 186 Å². The van der Waals surface area contributed by atoms with Crippen LogP contribution in [0.3, 0.4) is 0 Å². The number of carbonyl (C=O) groups excluding carboxylic acids is 2. The monoisotopic (exact) mass is 460 g/mol. The van der Waals surface area contributed by atoms with Gasteiger partial charge in [0.2, 0.25) is 5.91 Å². The quantitative estimate of drug-likeness (QED) is 0.516. The van der Waals surface area contributed by atoms with Crippen molar-refractivity contribution in [3.05, 3.63) is 75.7 Å². The summed E-state index contributed by atoms with van der Waals surface area (Å²) in [5.74, 6) is -0.579. The molecule has 0 bridgehead atoms. The molecule has 1 atom stereocenters. The van der Waals surface area contributed by atoms with Gasteiger partial charge in [0.05, 0.1) is 22.6 Å². The van der Waals surface area contributed by atoms with Crippen LogP contribution in [0.25, 0.3) is 0 Å². The predicted octanol–water partition coefficient (Wildman–Crippen LogP) is 5.81. The molecular weight excluding hydrogens is 441 g/mol. The standard InChI is InChI=1S/C23H19F3N2O3S/c1-12-19-17(13-4-3-5-14(10-13)23(24,25)26)11-18(29)28-22(19)32-20(12)21(30)27-15-6-8-16(31-2)9-7-15/h3-10,17H,11H2,1-2H3,(H,27,30)(H,28,29)/t17-/m1/s1. The fourth-order valence-corrected chi connectivity index (χ4v) is 4.98. The van der Waals surface area contributed by atoms with E-state index in [1.807, 2.05) is 0 Å². The van der Waals surface area contributed by atoms with Gasteiger partial charge in [-0.1, -0.05) is 18.2 Å². The van der Waals surface area contributed by atoms with Crippen molar-refractivity contribution in [2.24, 2.45) is 0 Å². The van der Waals surface area contributed by atoms with Gasteiger partial charge < -0.3 is 15.4 Å². The molecule has 2 N–H and O–H groups in total. The molecule has 1 aliphatic rings. The highest BCUT2D eigenvalue weighted by Gasteiger charge is 2.35. The van der Waals surface area contributed by atoms with E-state index in [0.29, 0.717) is 38.0 Å². The average molecular weight is 460 g/mol. The second-order valence-electron chi connectivity index (χ2n) is 7.41. The summed E-state index contributed by atoms with van der Waals surface area (Å²) in [5.41, 5.74) is 1.50. The molecule has 166 valence electrons. The van der Waals surface area contributed by atoms with Crippen molar-refractivity contribution in [1.82, 2.24) is 0 Å². The van der Waals surface area contributed by atoms with Crippen molar-refractivity contribution < 1.29 is 27.5 Å². The maximum Gasteiger partial charge on any atom is 0.416 e. The second-order valence-corrected chi connectivity index (χ2v) is 8.43. The highest BCUT2D eigenvalue weighted by molar-refractivity contribution is 7.18. The van der Waals surface area contributed by atoms with Gasteiger partial charge in [-0.15, -0.1) is 11.3 Å². The summed E-state index contributed by atoms with van der Waals surface area (Å²) in [5, 5.41) is 6.06. The maximum atomic E-state index is 13.2. The summed E-state index contributed by atoms with van der Waals surface area (Å²) in [4.78, 5) is 25.6. The zero-order valence-electron chi connectivity index (χ0n) is 17.2. The van der Waals surface area contributed by atoms with Gasteiger partial charge in [0.1, 0.15) is 5.75 Å². The van der Waals surface area contributed by atoms with Crippen LogP contribution in [-0.2, 0) is 11.0 Å². The smallest absolute Gasteiger partial charge is 0.416 e. The van der Waals surface area contributed by atoms with Crippen molar-refractivity contribution in [2.75, 3.05) is 17.7 Å². The summed E-state index contributed by atoms with van der Waals surface area (Å²) in [6.45, 7) is 1.75. The number of fused-ring (bicyclic) bond motifs is 1. The second kappa shape index (κ2) is 8.31. The van der Waals surface area contributed by atoms with Crippen molar-refractivity contribution in [3.63, 3.8) is 0 Å². The molecule has 0 saturated carbocycles. The molecule has 2 heterocycles. The van der Waals surface area contributed by atoms with E-state index < -0.39 is 17.7 Å². The van der Waals surface area contributed by atoms with E-state index in [-0.39, 0.29) is 18.2 Å². The zero-order chi connectivity index (χ0) is 23.0. The SMILES string of the molecule is COc1ccc(NC(=O)c2sc3c(c2C)[C@@H](c2cccc(C(F)(F)F)c2)CC(=O)N3)cc1. The lowest BCUT2D eigenvalue weighted by Gasteiger charge is -2.24. The Bertz CT molecular complexity index is 1190. The summed E-state index contributed by atoms with van der Waals surface area (Å²) in [6, 6.07) is 11.8. The third-order valence-electron chi connectivity index (χ3n) is 5.35. The Kier molecular flexibility index (Phi) is 5.68. The number of hydrogen-bond donors (Lipinski definition) is 2. The molecule has 1 aliphatic heterocycles. The van der Waals surface area contributed by atoms with Gasteiger partial charge in [0, 0.05) is 18.0 Å². The molecule has 0 aliphatic carbocycles. The summed E-state index contributed by atoms with van der Waals surface area (Å²) in [7, 11) is 1.54. The molecule has 9 heteroatoms. The van der Waals surface area contributed by atoms with E-state index in [2.05, 4.69) is 10.6 Å². The van der Waals surface area contributed by atoms with Gasteiger partial charge in [-0.05, 0) is 53.9 Å². The average Bonchev–Trinajstić information content (AvgIpc) is 3.09. The molecule has 0 fully saturated rings. The van der Waals surface area contributed by atoms with Crippen LogP contribution in [0.2, 0.25) is 0 Å². The number of halogens is 3. The Balaban J connectivity index is 1.69. The van der Waals surface area contributed by atoms with E-state index in [0.717, 1.165) is 23.5 Å². The Morgan fingerprint density at radius 1 is 1.19 bits per heavy atom. The summed E-state index contributed by atoms with van der Waals surface area (Å²) in [6.07, 6.45) is -4.48. The number of nitrogens with one attached hydrogen (secondary N) is 2. The highest BCUT2D eigenvalue weighted by Crippen LogP contribution is 2.46. The fourth-order valence-electron chi connectivity index (χ4n) is 3.80. The predicted molar refractivity (Wildman–Crippen MR) is 117 cm³/mol. The first-order valence-corrected chi connectivity index (χ1v) is 10.5. The van der Waals surface area contributed by atoms with Crippen LogP contribution in [0.5, 0.6) is 5.75 Å². The zero-order valence-corrected chi connectivity index (χ0v) is 18.0. The number of rotatable bonds is 4. The topological polar surface area (TPSA) is 67.4 Å². The highest BCUT2D eigenvalue weighted by atomic mass is 32.1. The number of anilines is 2. The molecule has 3 aromatic rings. The van der Waals surface area contributed by atoms with Crippen LogP contribution < -0.4 is 15.4 Å². The Morgan fingerprint density at radius 3 is 2.56 bits per heavy atom. The minimum atomic E-state index is -4.48. The first-order valence-electron chi connectivity index (χ1n) is 9.73. The first kappa shape index (κ1) is 21.9. The van der Waals surface area contributed by atoms with Crippen molar-refractivity contribution in [2.45, 2.75) is 25.4 Å². The van der Waals surface area contributed by atoms with Crippen LogP contribution in [0.15, 0.2) is 48.5 Å². The van der Waals surface area contributed by atoms with Crippen LogP contribution in [0, 0.1) is 6.92 Å². The molecule has 1 aromatic heterocycles. The summed E-state index contributed by atoms with van der Waals surface area (Å²) < 4.78 is 44.7. The molecule has 0 radical (unpaired) electrons. The van der Waals surface area contributed by atoms with Crippen molar-refractivity contribution in [1.29, 1.82) is 0 Å². The molecule has 0 spiro atoms. The number of thiophene rings is 1. The number of alkyl halides is 3. The lowest BCUT2D eigenvalue weighted by Crippen LogP contribution is -2.23. The minimum absolute atomic E-state index is 0.00538. The van der Waals surface area contributed by atoms with Gasteiger partial charge in [0.25, 0.3) is 5.91 Å². The molecule has 4 rings (SSSR count). The molecule has 32 heavy (non-hydrogen) atoms. The fraction of sp³-hybridized carbons (Fsp3) is 0.217. The van der Waals surface area contributed by atoms with Gasteiger partial charge in [-0.2, -0.15) is 13.2 Å². The summed E-state index contributed by atoms with van der Waals surface area (Å²) >= 11 is 1.12. The van der Waals surface area contributed by atoms with Crippen LogP contribution in [0.4, 0.5) is 23.9 Å². The van der Waals surface area contributed by atoms with Gasteiger partial charge >= 0.3 is 6.18 Å². The van der Waals surface area contributed by atoms with Gasteiger partial charge in [0.15, 0.2) is 0 Å². The third kappa shape index (κ3) is 4.20. The normalized spacial score (nSPS) is 15.7. The molecular formula is C23H19F3N2O3S. The minimum Gasteiger partial charge on any atom is -0.497 e. The largest absolute Gasteiger partial charge is 0.497 e. The van der Waals surface area contributed by atoms with E-state index >= 15 is 0 Å². The number of methoxy groups -OCH3 is 1. The van der Waals surface area contributed by atoms with Crippen LogP contribution in [0.1, 0.15) is 44.3 Å². The Morgan fingerprint density at radius 2 is 1.91 bits per heavy atom. The number of ether oxygens (including phenoxy) is 1. The lowest BCUT2D eigenvalue weighted by molar-refractivity contribution is -0.137. The molecule has 2 amide bonds. The van der Waals surface area contributed by atoms with E-state index in [1.54, 1.807) is 44.4 Å². The van der Waals surface area contributed by atoms with E-state index in [9.17, 15) is 22.8 Å². The Hall–Kier alpha value is -3.33. The molecule has 0 unspecified atom stereocenters. The molecule has 5 nitrogen and oxygen atoms in total. The van der Waals surface area contributed by atoms with Gasteiger partial charge in [-0.3, -0.25) is 9.59 Å². The maximum absolute atomic E-state index is 13.2. The molecule has 2 aromatic carbocycles. The number of hydrogen-bond acceptors (Lipinski definition) is 4. The molecule has 0 saturated heterocycles. The number of amides is 2.